The van der Waals surface area contributed by atoms with Gasteiger partial charge in [-0.25, -0.2) is 0 Å². The maximum atomic E-state index is 14.2. The molecule has 0 N–H and O–H groups in total. The van der Waals surface area contributed by atoms with Gasteiger partial charge in [0.25, 0.3) is 0 Å². The summed E-state index contributed by atoms with van der Waals surface area (Å²) in [7, 11) is -4.15. The number of aryl methyl sites for hydroxylation is 3. The summed E-state index contributed by atoms with van der Waals surface area (Å²) >= 11 is 0. The first-order valence-corrected chi connectivity index (χ1v) is 10.6. The molecule has 0 saturated carbocycles. The molecule has 0 amide bonds. The molecule has 2 aromatic carbocycles. The maximum absolute atomic E-state index is 14.2. The normalized spacial score (nSPS) is 13.7. The van der Waals surface area contributed by atoms with E-state index in [-0.39, 0.29) is 16.3 Å². The highest BCUT2D eigenvalue weighted by atomic mass is 31.2. The first-order valence-electron chi connectivity index (χ1n) is 8.87. The highest BCUT2D eigenvalue weighted by Crippen LogP contribution is 2.48. The van der Waals surface area contributed by atoms with E-state index in [4.69, 9.17) is 0 Å². The van der Waals surface area contributed by atoms with Crippen molar-refractivity contribution in [2.24, 2.45) is 0 Å². The molecule has 29 heavy (non-hydrogen) atoms. The molecule has 3 aromatic rings. The second-order valence-electron chi connectivity index (χ2n) is 6.92. The van der Waals surface area contributed by atoms with Gasteiger partial charge in [0, 0.05) is 17.1 Å². The number of hydrogen-bond donors (Lipinski definition) is 0. The van der Waals surface area contributed by atoms with Gasteiger partial charge in [-0.05, 0) is 56.2 Å². The minimum Gasteiger partial charge on any atom is -0.304 e. The first kappa shape index (κ1) is 21.0. The lowest BCUT2D eigenvalue weighted by Gasteiger charge is -2.20. The van der Waals surface area contributed by atoms with E-state index in [1.54, 1.807) is 38.1 Å². The smallest absolute Gasteiger partial charge is 0.304 e. The number of hydrogen-bond acceptors (Lipinski definition) is 3. The summed E-state index contributed by atoms with van der Waals surface area (Å²) in [5.41, 5.74) is 0.710. The van der Waals surface area contributed by atoms with Crippen LogP contribution in [-0.2, 0) is 10.7 Å². The molecule has 0 saturated heterocycles. The fourth-order valence-electron chi connectivity index (χ4n) is 3.45. The van der Waals surface area contributed by atoms with Gasteiger partial charge in [-0.15, -0.1) is 0 Å². The Labute approximate surface area is 167 Å². The molecule has 0 fully saturated rings. The molecule has 7 heteroatoms. The molecule has 3 nitrogen and oxygen atoms in total. The van der Waals surface area contributed by atoms with Crippen LogP contribution >= 0.6 is 7.14 Å². The van der Waals surface area contributed by atoms with E-state index < -0.39 is 24.4 Å². The summed E-state index contributed by atoms with van der Waals surface area (Å²) in [5, 5.41) is -0.185. The monoisotopic (exact) mass is 417 g/mol. The average molecular weight is 417 g/mol. The van der Waals surface area contributed by atoms with Crippen LogP contribution in [0.2, 0.25) is 0 Å². The molecular weight excluding hydrogens is 398 g/mol. The lowest BCUT2D eigenvalue weighted by atomic mass is 10.0. The average Bonchev–Trinajstić information content (AvgIpc) is 2.66. The van der Waals surface area contributed by atoms with Gasteiger partial charge in [0.1, 0.15) is 5.44 Å². The van der Waals surface area contributed by atoms with Gasteiger partial charge in [-0.2, -0.15) is 13.2 Å². The van der Waals surface area contributed by atoms with Gasteiger partial charge < -0.3 is 4.57 Å². The second kappa shape index (κ2) is 7.60. The number of halogens is 3. The molecule has 0 bridgehead atoms. The predicted octanol–water partition coefficient (Wildman–Crippen LogP) is 5.18. The molecule has 0 aliphatic heterocycles. The van der Waals surface area contributed by atoms with E-state index in [1.165, 1.54) is 18.3 Å². The molecule has 1 aromatic heterocycles. The molecule has 1 heterocycles. The number of carbonyl (C=O) groups is 1. The van der Waals surface area contributed by atoms with E-state index in [0.29, 0.717) is 11.1 Å². The lowest BCUT2D eigenvalue weighted by molar-refractivity contribution is -0.137. The summed E-state index contributed by atoms with van der Waals surface area (Å²) in [6.45, 7) is 5.32. The molecule has 1 atom stereocenters. The standard InChI is InChI=1S/C22H19F3NO2P/c1-14-11-15(2)20(16(3)12-14)21(27)29(28,19-9-4-5-10-26-19)18-8-6-7-17(13-18)22(23,24)25/h4-13H,1-3H3. The van der Waals surface area contributed by atoms with E-state index in [0.717, 1.165) is 23.8 Å². The zero-order valence-corrected chi connectivity index (χ0v) is 17.0. The summed E-state index contributed by atoms with van der Waals surface area (Å²) in [4.78, 5) is 17.7. The Morgan fingerprint density at radius 3 is 2.14 bits per heavy atom. The lowest BCUT2D eigenvalue weighted by Crippen LogP contribution is -2.26. The van der Waals surface area contributed by atoms with Crippen molar-refractivity contribution in [2.45, 2.75) is 26.9 Å². The van der Waals surface area contributed by atoms with Crippen LogP contribution in [0, 0.1) is 20.8 Å². The van der Waals surface area contributed by atoms with Crippen LogP contribution < -0.4 is 10.7 Å². The molecular formula is C22H19F3NO2P. The largest absolute Gasteiger partial charge is 0.416 e. The molecule has 0 spiro atoms. The Kier molecular flexibility index (Phi) is 5.50. The van der Waals surface area contributed by atoms with Crippen LogP contribution in [0.1, 0.15) is 32.6 Å². The Balaban J connectivity index is 2.30. The number of benzene rings is 2. The Morgan fingerprint density at radius 2 is 1.59 bits per heavy atom. The van der Waals surface area contributed by atoms with Gasteiger partial charge in [0.15, 0.2) is 0 Å². The number of nitrogens with zero attached hydrogens (tertiary/aromatic N) is 1. The molecule has 3 rings (SSSR count). The highest BCUT2D eigenvalue weighted by Gasteiger charge is 2.41. The fourth-order valence-corrected chi connectivity index (χ4v) is 5.96. The summed E-state index contributed by atoms with van der Waals surface area (Å²) < 4.78 is 54.0. The fraction of sp³-hybridized carbons (Fsp3) is 0.182. The van der Waals surface area contributed by atoms with Gasteiger partial charge in [0.2, 0.25) is 12.7 Å². The number of carbonyl (C=O) groups excluding carboxylic acids is 1. The SMILES string of the molecule is Cc1cc(C)c(C(=O)P(=O)(c2cccc(C(F)(F)F)c2)c2ccccn2)c(C)c1. The molecule has 0 aliphatic carbocycles. The summed E-state index contributed by atoms with van der Waals surface area (Å²) in [6, 6.07) is 12.3. The number of rotatable bonds is 4. The van der Waals surface area contributed by atoms with Crippen molar-refractivity contribution in [1.29, 1.82) is 0 Å². The molecule has 0 radical (unpaired) electrons. The van der Waals surface area contributed by atoms with Crippen LogP contribution in [0.25, 0.3) is 0 Å². The van der Waals surface area contributed by atoms with E-state index >= 15 is 0 Å². The van der Waals surface area contributed by atoms with Crippen LogP contribution in [0.4, 0.5) is 13.2 Å². The van der Waals surface area contributed by atoms with Gasteiger partial charge >= 0.3 is 6.18 Å². The predicted molar refractivity (Wildman–Crippen MR) is 108 cm³/mol. The maximum Gasteiger partial charge on any atom is 0.416 e. The topological polar surface area (TPSA) is 47.0 Å². The number of pyridine rings is 1. The quantitative estimate of drug-likeness (QED) is 0.550. The van der Waals surface area contributed by atoms with Crippen molar-refractivity contribution in [1.82, 2.24) is 4.98 Å². The van der Waals surface area contributed by atoms with Crippen molar-refractivity contribution in [3.8, 4) is 0 Å². The summed E-state index contributed by atoms with van der Waals surface area (Å²) in [5.74, 6) is 0. The minimum absolute atomic E-state index is 0.0382. The van der Waals surface area contributed by atoms with Crippen molar-refractivity contribution in [3.63, 3.8) is 0 Å². The van der Waals surface area contributed by atoms with E-state index in [1.807, 2.05) is 6.92 Å². The van der Waals surface area contributed by atoms with Crippen LogP contribution in [0.5, 0.6) is 0 Å². The zero-order valence-electron chi connectivity index (χ0n) is 16.1. The third-order valence-corrected chi connectivity index (χ3v) is 7.40. The second-order valence-corrected chi connectivity index (χ2v) is 9.52. The van der Waals surface area contributed by atoms with Crippen LogP contribution in [0.3, 0.4) is 0 Å². The third kappa shape index (κ3) is 3.90. The highest BCUT2D eigenvalue weighted by molar-refractivity contribution is 7.93. The van der Waals surface area contributed by atoms with Crippen molar-refractivity contribution >= 4 is 23.4 Å². The van der Waals surface area contributed by atoms with Crippen molar-refractivity contribution in [2.75, 3.05) is 0 Å². The Bertz CT molecular complexity index is 1100. The zero-order chi connectivity index (χ0) is 21.4. The van der Waals surface area contributed by atoms with Gasteiger partial charge in [0.05, 0.1) is 5.56 Å². The van der Waals surface area contributed by atoms with Crippen molar-refractivity contribution in [3.05, 3.63) is 88.6 Å². The molecule has 1 unspecified atom stereocenters. The van der Waals surface area contributed by atoms with Crippen molar-refractivity contribution < 1.29 is 22.5 Å². The summed E-state index contributed by atoms with van der Waals surface area (Å²) in [6.07, 6.45) is -3.25. The van der Waals surface area contributed by atoms with Crippen LogP contribution in [-0.4, -0.2) is 10.5 Å². The van der Waals surface area contributed by atoms with Gasteiger partial charge in [-0.1, -0.05) is 35.9 Å². The molecule has 150 valence electrons. The Morgan fingerprint density at radius 1 is 0.931 bits per heavy atom. The number of aromatic nitrogens is 1. The van der Waals surface area contributed by atoms with Crippen LogP contribution in [0.15, 0.2) is 60.8 Å². The minimum atomic E-state index is -4.62. The van der Waals surface area contributed by atoms with Gasteiger partial charge in [-0.3, -0.25) is 9.78 Å². The van der Waals surface area contributed by atoms with E-state index in [2.05, 4.69) is 4.98 Å². The van der Waals surface area contributed by atoms with E-state index in [9.17, 15) is 22.5 Å². The first-order chi connectivity index (χ1) is 13.5. The molecule has 0 aliphatic rings. The third-order valence-electron chi connectivity index (χ3n) is 4.69. The Hall–Kier alpha value is -2.72. The number of alkyl halides is 3.